The fourth-order valence-electron chi connectivity index (χ4n) is 1.53. The highest BCUT2D eigenvalue weighted by atomic mass is 79.9. The van der Waals surface area contributed by atoms with Gasteiger partial charge in [-0.3, -0.25) is 0 Å². The van der Waals surface area contributed by atoms with Crippen LogP contribution in [0.4, 0.5) is 0 Å². The number of allylic oxidation sites excluding steroid dienone is 2. The second-order valence-corrected chi connectivity index (χ2v) is 4.45. The highest BCUT2D eigenvalue weighted by Crippen LogP contribution is 2.26. The number of hydrogen-bond acceptors (Lipinski definition) is 2. The molecule has 1 heterocycles. The summed E-state index contributed by atoms with van der Waals surface area (Å²) in [5.74, 6) is -0.563. The number of hydrogen-bond donors (Lipinski definition) is 0. The van der Waals surface area contributed by atoms with Gasteiger partial charge in [-0.1, -0.05) is 28.1 Å². The molecule has 1 atom stereocenters. The van der Waals surface area contributed by atoms with Crippen LogP contribution in [0.25, 0.3) is 0 Å². The van der Waals surface area contributed by atoms with Gasteiger partial charge in [0.05, 0.1) is 13.2 Å². The maximum absolute atomic E-state index is 5.55. The lowest BCUT2D eigenvalue weighted by Gasteiger charge is -2.21. The molecule has 0 bridgehead atoms. The summed E-state index contributed by atoms with van der Waals surface area (Å²) in [5, 5.41) is 0. The summed E-state index contributed by atoms with van der Waals surface area (Å²) >= 11 is 3.57. The van der Waals surface area contributed by atoms with E-state index < -0.39 is 5.79 Å². The van der Waals surface area contributed by atoms with Crippen molar-refractivity contribution >= 4 is 15.9 Å². The molecule has 2 nitrogen and oxygen atoms in total. The quantitative estimate of drug-likeness (QED) is 0.482. The normalized spacial score (nSPS) is 36.8. The smallest absolute Gasteiger partial charge is 0.208 e. The molecule has 1 aliphatic carbocycles. The topological polar surface area (TPSA) is 18.5 Å². The first-order valence-electron chi connectivity index (χ1n) is 4.60. The van der Waals surface area contributed by atoms with Crippen molar-refractivity contribution in [2.45, 2.75) is 23.5 Å². The number of ether oxygens (including phenoxy) is 2. The lowest BCUT2D eigenvalue weighted by molar-refractivity contribution is -0.0748. The van der Waals surface area contributed by atoms with Gasteiger partial charge in [-0.15, -0.1) is 0 Å². The van der Waals surface area contributed by atoms with E-state index in [1.807, 2.05) is 12.2 Å². The van der Waals surface area contributed by atoms with Crippen LogP contribution in [0, 0.1) is 0 Å². The van der Waals surface area contributed by atoms with Crippen LogP contribution in [-0.4, -0.2) is 23.8 Å². The molecular formula is C10H13BrO2. The summed E-state index contributed by atoms with van der Waals surface area (Å²) in [6.07, 6.45) is 10.4. The molecule has 2 rings (SSSR count). The van der Waals surface area contributed by atoms with Crippen molar-refractivity contribution in [2.24, 2.45) is 0 Å². The van der Waals surface area contributed by atoms with Crippen LogP contribution in [0.15, 0.2) is 24.3 Å². The number of alkyl halides is 1. The number of halogens is 1. The Kier molecular flexibility index (Phi) is 2.86. The molecule has 72 valence electrons. The standard InChI is InChI=1S/C10H13BrO2/c11-9-3-1-2-5-10(6-4-9)12-7-8-13-10/h2,4-6,9H,1,3,7-8H2/b5-2-,6-4-. The SMILES string of the molecule is BrC1/C=C\C2(/C=C\CC1)OCCO2. The molecule has 3 heteroatoms. The van der Waals surface area contributed by atoms with Crippen LogP contribution < -0.4 is 0 Å². The van der Waals surface area contributed by atoms with E-state index in [-0.39, 0.29) is 0 Å². The van der Waals surface area contributed by atoms with Gasteiger partial charge in [0.1, 0.15) is 0 Å². The first-order valence-corrected chi connectivity index (χ1v) is 5.51. The Morgan fingerprint density at radius 2 is 2.00 bits per heavy atom. The van der Waals surface area contributed by atoms with Gasteiger partial charge < -0.3 is 9.47 Å². The first-order chi connectivity index (χ1) is 6.31. The van der Waals surface area contributed by atoms with E-state index in [2.05, 4.69) is 28.1 Å². The molecule has 1 fully saturated rings. The Balaban J connectivity index is 2.15. The van der Waals surface area contributed by atoms with Gasteiger partial charge in [0.2, 0.25) is 5.79 Å². The molecule has 0 aromatic carbocycles. The molecule has 1 saturated heterocycles. The molecule has 1 unspecified atom stereocenters. The molecule has 0 aromatic heterocycles. The third-order valence-electron chi connectivity index (χ3n) is 2.24. The van der Waals surface area contributed by atoms with E-state index in [1.165, 1.54) is 0 Å². The van der Waals surface area contributed by atoms with Crippen LogP contribution in [0.3, 0.4) is 0 Å². The highest BCUT2D eigenvalue weighted by molar-refractivity contribution is 9.09. The lowest BCUT2D eigenvalue weighted by atomic mass is 10.1. The van der Waals surface area contributed by atoms with Crippen molar-refractivity contribution in [3.63, 3.8) is 0 Å². The predicted molar refractivity (Wildman–Crippen MR) is 54.9 cm³/mol. The first kappa shape index (κ1) is 9.44. The third-order valence-corrected chi connectivity index (χ3v) is 3.00. The molecule has 0 saturated carbocycles. The maximum Gasteiger partial charge on any atom is 0.208 e. The summed E-state index contributed by atoms with van der Waals surface area (Å²) in [5.41, 5.74) is 0. The molecule has 2 aliphatic rings. The predicted octanol–water partition coefficient (Wildman–Crippen LogP) is 2.40. The zero-order valence-electron chi connectivity index (χ0n) is 7.41. The van der Waals surface area contributed by atoms with E-state index in [4.69, 9.17) is 9.47 Å². The second-order valence-electron chi connectivity index (χ2n) is 3.27. The summed E-state index contributed by atoms with van der Waals surface area (Å²) in [7, 11) is 0. The molecule has 0 radical (unpaired) electrons. The minimum absolute atomic E-state index is 0.433. The van der Waals surface area contributed by atoms with Crippen molar-refractivity contribution in [1.29, 1.82) is 0 Å². The molecule has 1 spiro atoms. The summed E-state index contributed by atoms with van der Waals surface area (Å²) in [4.78, 5) is 0.433. The van der Waals surface area contributed by atoms with Gasteiger partial charge in [-0.25, -0.2) is 0 Å². The third kappa shape index (κ3) is 2.22. The second kappa shape index (κ2) is 3.95. The van der Waals surface area contributed by atoms with E-state index in [9.17, 15) is 0 Å². The Bertz CT molecular complexity index is 229. The molecule has 0 N–H and O–H groups in total. The monoisotopic (exact) mass is 244 g/mol. The molecule has 0 aromatic rings. The Hall–Kier alpha value is -0.120. The van der Waals surface area contributed by atoms with Crippen LogP contribution in [-0.2, 0) is 9.47 Å². The molecular weight excluding hydrogens is 232 g/mol. The van der Waals surface area contributed by atoms with E-state index >= 15 is 0 Å². The number of rotatable bonds is 0. The fraction of sp³-hybridized carbons (Fsp3) is 0.600. The molecule has 0 amide bonds. The van der Waals surface area contributed by atoms with Crippen LogP contribution in [0.5, 0.6) is 0 Å². The largest absolute Gasteiger partial charge is 0.341 e. The van der Waals surface area contributed by atoms with Gasteiger partial charge in [0.25, 0.3) is 0 Å². The van der Waals surface area contributed by atoms with Crippen molar-refractivity contribution in [3.8, 4) is 0 Å². The molecule has 1 aliphatic heterocycles. The fourth-order valence-corrected chi connectivity index (χ4v) is 1.95. The van der Waals surface area contributed by atoms with Gasteiger partial charge in [-0.05, 0) is 25.0 Å². The van der Waals surface area contributed by atoms with Crippen LogP contribution >= 0.6 is 15.9 Å². The van der Waals surface area contributed by atoms with Crippen LogP contribution in [0.2, 0.25) is 0 Å². The Morgan fingerprint density at radius 3 is 2.77 bits per heavy atom. The summed E-state index contributed by atoms with van der Waals surface area (Å²) < 4.78 is 11.1. The maximum atomic E-state index is 5.55. The van der Waals surface area contributed by atoms with E-state index in [0.717, 1.165) is 12.8 Å². The Labute approximate surface area is 86.7 Å². The summed E-state index contributed by atoms with van der Waals surface area (Å²) in [6, 6.07) is 0. The molecule has 13 heavy (non-hydrogen) atoms. The average Bonchev–Trinajstić information content (AvgIpc) is 2.56. The minimum Gasteiger partial charge on any atom is -0.341 e. The van der Waals surface area contributed by atoms with Gasteiger partial charge in [0.15, 0.2) is 0 Å². The zero-order valence-corrected chi connectivity index (χ0v) is 9.00. The van der Waals surface area contributed by atoms with E-state index in [1.54, 1.807) is 0 Å². The van der Waals surface area contributed by atoms with Crippen molar-refractivity contribution in [3.05, 3.63) is 24.3 Å². The average molecular weight is 245 g/mol. The van der Waals surface area contributed by atoms with Crippen molar-refractivity contribution in [1.82, 2.24) is 0 Å². The van der Waals surface area contributed by atoms with Gasteiger partial charge >= 0.3 is 0 Å². The highest BCUT2D eigenvalue weighted by Gasteiger charge is 2.31. The van der Waals surface area contributed by atoms with Gasteiger partial charge in [0, 0.05) is 4.83 Å². The zero-order chi connectivity index (χ0) is 9.15. The minimum atomic E-state index is -0.563. The van der Waals surface area contributed by atoms with Crippen LogP contribution in [0.1, 0.15) is 12.8 Å². The summed E-state index contributed by atoms with van der Waals surface area (Å²) in [6.45, 7) is 1.36. The lowest BCUT2D eigenvalue weighted by Crippen LogP contribution is -2.25. The van der Waals surface area contributed by atoms with E-state index in [0.29, 0.717) is 18.0 Å². The Morgan fingerprint density at radius 1 is 1.23 bits per heavy atom. The van der Waals surface area contributed by atoms with Crippen molar-refractivity contribution in [2.75, 3.05) is 13.2 Å². The van der Waals surface area contributed by atoms with Crippen molar-refractivity contribution < 1.29 is 9.47 Å². The van der Waals surface area contributed by atoms with Gasteiger partial charge in [-0.2, -0.15) is 0 Å².